The van der Waals surface area contributed by atoms with Crippen molar-refractivity contribution in [2.75, 3.05) is 4.72 Å². The Hall–Kier alpha value is -2.78. The number of aromatic carboxylic acids is 1. The minimum Gasteiger partial charge on any atom is -0.545 e. The van der Waals surface area contributed by atoms with Gasteiger partial charge < -0.3 is 14.3 Å². The number of aromatic nitrogens is 1. The van der Waals surface area contributed by atoms with Crippen molar-refractivity contribution in [3.8, 4) is 0 Å². The number of hydrogen-bond acceptors (Lipinski definition) is 6. The van der Waals surface area contributed by atoms with Crippen molar-refractivity contribution in [1.29, 1.82) is 0 Å². The van der Waals surface area contributed by atoms with Crippen LogP contribution < -0.4 is 15.6 Å². The molecule has 2 aromatic carbocycles. The summed E-state index contributed by atoms with van der Waals surface area (Å²) in [5, 5.41) is 11.3. The van der Waals surface area contributed by atoms with Crippen molar-refractivity contribution in [2.45, 2.75) is 4.90 Å². The first-order valence-electron chi connectivity index (χ1n) is 6.82. The summed E-state index contributed by atoms with van der Waals surface area (Å²) in [4.78, 5) is 22.4. The summed E-state index contributed by atoms with van der Waals surface area (Å²) in [6.07, 6.45) is 0. The third-order valence-electron chi connectivity index (χ3n) is 3.52. The highest BCUT2D eigenvalue weighted by atomic mass is 35.5. The predicted octanol–water partition coefficient (Wildman–Crippen LogP) is 0.949. The lowest BCUT2D eigenvalue weighted by molar-refractivity contribution is -0.254. The molecular formula is C15H10ClN2O6S-. The van der Waals surface area contributed by atoms with Gasteiger partial charge in [-0.3, -0.25) is 9.29 Å². The van der Waals surface area contributed by atoms with Crippen molar-refractivity contribution in [2.24, 2.45) is 7.05 Å². The number of nitrogens with zero attached hydrogens (tertiary/aromatic N) is 1. The number of aryl methyl sites for hydroxylation is 1. The van der Waals surface area contributed by atoms with Crippen molar-refractivity contribution in [1.82, 2.24) is 4.57 Å². The van der Waals surface area contributed by atoms with E-state index in [1.807, 2.05) is 0 Å². The van der Waals surface area contributed by atoms with Gasteiger partial charge in [0.15, 0.2) is 5.58 Å². The van der Waals surface area contributed by atoms with E-state index in [2.05, 4.69) is 4.72 Å². The van der Waals surface area contributed by atoms with Crippen LogP contribution in [0.5, 0.6) is 0 Å². The molecule has 1 N–H and O–H groups in total. The van der Waals surface area contributed by atoms with Crippen LogP contribution in [0.15, 0.2) is 50.5 Å². The molecule has 0 fully saturated rings. The van der Waals surface area contributed by atoms with E-state index in [0.717, 1.165) is 12.1 Å². The molecule has 25 heavy (non-hydrogen) atoms. The van der Waals surface area contributed by atoms with Crippen LogP contribution in [0, 0.1) is 0 Å². The number of carboxylic acids is 1. The molecule has 0 amide bonds. The van der Waals surface area contributed by atoms with Crippen LogP contribution in [0.3, 0.4) is 0 Å². The van der Waals surface area contributed by atoms with Gasteiger partial charge in [0.2, 0.25) is 0 Å². The monoisotopic (exact) mass is 381 g/mol. The smallest absolute Gasteiger partial charge is 0.419 e. The highest BCUT2D eigenvalue weighted by molar-refractivity contribution is 7.92. The normalized spacial score (nSPS) is 11.6. The molecule has 130 valence electrons. The maximum Gasteiger partial charge on any atom is 0.419 e. The summed E-state index contributed by atoms with van der Waals surface area (Å²) < 4.78 is 33.4. The predicted molar refractivity (Wildman–Crippen MR) is 88.0 cm³/mol. The molecule has 1 aromatic heterocycles. The van der Waals surface area contributed by atoms with Gasteiger partial charge in [0.25, 0.3) is 10.0 Å². The third-order valence-corrected chi connectivity index (χ3v) is 5.12. The lowest BCUT2D eigenvalue weighted by atomic mass is 10.2. The number of nitrogens with one attached hydrogen (secondary N) is 1. The van der Waals surface area contributed by atoms with E-state index >= 15 is 0 Å². The first kappa shape index (κ1) is 17.1. The lowest BCUT2D eigenvalue weighted by Crippen LogP contribution is -2.25. The Labute approximate surface area is 146 Å². The van der Waals surface area contributed by atoms with E-state index in [1.165, 1.54) is 35.9 Å². The summed E-state index contributed by atoms with van der Waals surface area (Å²) in [6, 6.07) is 7.44. The zero-order valence-corrected chi connectivity index (χ0v) is 14.2. The molecule has 0 saturated heterocycles. The van der Waals surface area contributed by atoms with Crippen LogP contribution >= 0.6 is 11.6 Å². The van der Waals surface area contributed by atoms with Crippen LogP contribution in [-0.2, 0) is 17.1 Å². The molecule has 0 saturated carbocycles. The largest absolute Gasteiger partial charge is 0.545 e. The topological polar surface area (TPSA) is 121 Å². The molecule has 0 radical (unpaired) electrons. The summed E-state index contributed by atoms with van der Waals surface area (Å²) in [6.45, 7) is 0. The first-order valence-corrected chi connectivity index (χ1v) is 8.68. The molecule has 10 heteroatoms. The molecule has 3 rings (SSSR count). The Bertz CT molecular complexity index is 1160. The van der Waals surface area contributed by atoms with E-state index in [1.54, 1.807) is 0 Å². The number of benzene rings is 2. The quantitative estimate of drug-likeness (QED) is 0.718. The highest BCUT2D eigenvalue weighted by Gasteiger charge is 2.19. The third kappa shape index (κ3) is 3.11. The van der Waals surface area contributed by atoms with Crippen molar-refractivity contribution in [3.63, 3.8) is 0 Å². The number of halogens is 1. The fourth-order valence-corrected chi connectivity index (χ4v) is 3.52. The van der Waals surface area contributed by atoms with E-state index in [9.17, 15) is 23.1 Å². The van der Waals surface area contributed by atoms with E-state index in [0.29, 0.717) is 5.52 Å². The molecule has 0 aliphatic carbocycles. The van der Waals surface area contributed by atoms with Gasteiger partial charge in [-0.2, -0.15) is 0 Å². The van der Waals surface area contributed by atoms with Crippen molar-refractivity contribution < 1.29 is 22.7 Å². The van der Waals surface area contributed by atoms with Crippen LogP contribution in [0.25, 0.3) is 11.1 Å². The van der Waals surface area contributed by atoms with Gasteiger partial charge in [0.05, 0.1) is 22.1 Å². The number of fused-ring (bicyclic) bond motifs is 1. The van der Waals surface area contributed by atoms with Crippen molar-refractivity contribution in [3.05, 3.63) is 57.5 Å². The van der Waals surface area contributed by atoms with Crippen LogP contribution in [0.1, 0.15) is 10.4 Å². The van der Waals surface area contributed by atoms with Gasteiger partial charge in [-0.15, -0.1) is 0 Å². The molecule has 8 nitrogen and oxygen atoms in total. The second-order valence-corrected chi connectivity index (χ2v) is 7.26. The average Bonchev–Trinajstić information content (AvgIpc) is 2.81. The molecule has 0 unspecified atom stereocenters. The Morgan fingerprint density at radius 2 is 1.96 bits per heavy atom. The van der Waals surface area contributed by atoms with E-state index in [-0.39, 0.29) is 26.8 Å². The number of carbonyl (C=O) groups is 1. The number of carboxylic acid groups (broad SMARTS) is 1. The minimum absolute atomic E-state index is 0.0848. The van der Waals surface area contributed by atoms with E-state index < -0.39 is 21.7 Å². The summed E-state index contributed by atoms with van der Waals surface area (Å²) >= 11 is 5.79. The molecule has 3 aromatic rings. The molecule has 0 aliphatic heterocycles. The molecule has 0 spiro atoms. The molecular weight excluding hydrogens is 372 g/mol. The molecule has 0 aliphatic rings. The van der Waals surface area contributed by atoms with Crippen LogP contribution in [0.2, 0.25) is 5.02 Å². The zero-order chi connectivity index (χ0) is 18.4. The van der Waals surface area contributed by atoms with Gasteiger partial charge >= 0.3 is 5.76 Å². The number of rotatable bonds is 4. The summed E-state index contributed by atoms with van der Waals surface area (Å²) in [5.41, 5.74) is -0.0915. The van der Waals surface area contributed by atoms with E-state index in [4.69, 9.17) is 16.0 Å². The van der Waals surface area contributed by atoms with Gasteiger partial charge in [-0.1, -0.05) is 11.6 Å². The van der Waals surface area contributed by atoms with Crippen LogP contribution in [0.4, 0.5) is 5.69 Å². The van der Waals surface area contributed by atoms with Crippen molar-refractivity contribution >= 4 is 44.4 Å². The van der Waals surface area contributed by atoms with Crippen LogP contribution in [-0.4, -0.2) is 19.0 Å². The second-order valence-electron chi connectivity index (χ2n) is 5.14. The lowest BCUT2D eigenvalue weighted by Gasteiger charge is -2.13. The standard InChI is InChI=1S/C15H11ClN2O6S/c1-18-12-5-3-9(7-13(12)24-15(18)21)25(22,23)17-11-6-8(16)2-4-10(11)14(19)20/h2-7,17H,1H3,(H,19,20)/p-1. The zero-order valence-electron chi connectivity index (χ0n) is 12.6. The number of carbonyl (C=O) groups excluding carboxylic acids is 1. The maximum atomic E-state index is 12.5. The van der Waals surface area contributed by atoms with Gasteiger partial charge in [0, 0.05) is 23.7 Å². The Balaban J connectivity index is 2.07. The Kier molecular flexibility index (Phi) is 4.05. The number of anilines is 1. The fraction of sp³-hybridized carbons (Fsp3) is 0.0667. The molecule has 0 atom stereocenters. The van der Waals surface area contributed by atoms with Gasteiger partial charge in [0.1, 0.15) is 0 Å². The Morgan fingerprint density at radius 1 is 1.24 bits per heavy atom. The first-order chi connectivity index (χ1) is 11.7. The minimum atomic E-state index is -4.15. The van der Waals surface area contributed by atoms with Gasteiger partial charge in [-0.25, -0.2) is 13.2 Å². The highest BCUT2D eigenvalue weighted by Crippen LogP contribution is 2.25. The number of hydrogen-bond donors (Lipinski definition) is 1. The Morgan fingerprint density at radius 3 is 2.64 bits per heavy atom. The summed E-state index contributed by atoms with van der Waals surface area (Å²) in [5.74, 6) is -2.19. The molecule has 1 heterocycles. The SMILES string of the molecule is Cn1c(=O)oc2cc(S(=O)(=O)Nc3cc(Cl)ccc3C(=O)[O-])ccc21. The average molecular weight is 382 g/mol. The number of oxazole rings is 1. The number of sulfonamides is 1. The van der Waals surface area contributed by atoms with Gasteiger partial charge in [-0.05, 0) is 30.3 Å². The fourth-order valence-electron chi connectivity index (χ4n) is 2.26. The summed E-state index contributed by atoms with van der Waals surface area (Å²) in [7, 11) is -2.67. The molecule has 0 bridgehead atoms. The second kappa shape index (κ2) is 5.94. The maximum absolute atomic E-state index is 12.5.